The summed E-state index contributed by atoms with van der Waals surface area (Å²) in [5.74, 6) is 0.0963. The van der Waals surface area contributed by atoms with Gasteiger partial charge in [0.15, 0.2) is 5.78 Å². The Morgan fingerprint density at radius 1 is 1.54 bits per heavy atom. The first kappa shape index (κ1) is 9.94. The van der Waals surface area contributed by atoms with Crippen LogP contribution >= 0.6 is 11.3 Å². The molecule has 68 valence electrons. The van der Waals surface area contributed by atoms with Crippen molar-refractivity contribution in [2.45, 2.75) is 20.8 Å². The van der Waals surface area contributed by atoms with E-state index in [1.807, 2.05) is 26.8 Å². The molecule has 0 aliphatic carbocycles. The molecule has 3 heteroatoms. The van der Waals surface area contributed by atoms with Gasteiger partial charge in [-0.3, -0.25) is 4.79 Å². The van der Waals surface area contributed by atoms with Crippen LogP contribution in [0, 0.1) is 16.7 Å². The largest absolute Gasteiger partial charge is 0.293 e. The molecule has 0 atom stereocenters. The minimum absolute atomic E-state index is 0.0963. The Hall–Kier alpha value is -1.14. The van der Waals surface area contributed by atoms with Gasteiger partial charge < -0.3 is 0 Å². The van der Waals surface area contributed by atoms with Crippen LogP contribution in [0.15, 0.2) is 11.4 Å². The molecular weight excluding hydrogens is 182 g/mol. The number of hydrogen-bond donors (Lipinski definition) is 0. The first-order valence-electron chi connectivity index (χ1n) is 3.98. The van der Waals surface area contributed by atoms with Crippen molar-refractivity contribution >= 4 is 17.1 Å². The average molecular weight is 193 g/mol. The molecule has 1 aromatic heterocycles. The van der Waals surface area contributed by atoms with Gasteiger partial charge in [-0.25, -0.2) is 0 Å². The SMILES string of the molecule is CC(C)(C)C(=O)c1cc(C#N)cs1. The summed E-state index contributed by atoms with van der Waals surface area (Å²) in [4.78, 5) is 12.4. The van der Waals surface area contributed by atoms with Gasteiger partial charge in [-0.05, 0) is 6.07 Å². The lowest BCUT2D eigenvalue weighted by Gasteiger charge is -2.14. The summed E-state index contributed by atoms with van der Waals surface area (Å²) in [6.45, 7) is 5.63. The highest BCUT2D eigenvalue weighted by atomic mass is 32.1. The van der Waals surface area contributed by atoms with E-state index in [1.165, 1.54) is 11.3 Å². The standard InChI is InChI=1S/C10H11NOS/c1-10(2,3)9(12)8-4-7(5-11)6-13-8/h4,6H,1-3H3. The first-order chi connectivity index (χ1) is 5.95. The number of nitriles is 1. The van der Waals surface area contributed by atoms with Gasteiger partial charge >= 0.3 is 0 Å². The lowest BCUT2D eigenvalue weighted by Crippen LogP contribution is -2.18. The molecule has 0 saturated heterocycles. The Morgan fingerprint density at radius 3 is 2.54 bits per heavy atom. The first-order valence-corrected chi connectivity index (χ1v) is 4.86. The van der Waals surface area contributed by atoms with Crippen molar-refractivity contribution in [3.05, 3.63) is 21.9 Å². The fourth-order valence-corrected chi connectivity index (χ4v) is 1.87. The highest BCUT2D eigenvalue weighted by Gasteiger charge is 2.24. The Balaban J connectivity index is 2.98. The van der Waals surface area contributed by atoms with E-state index in [0.29, 0.717) is 10.4 Å². The average Bonchev–Trinajstić information content (AvgIpc) is 2.48. The second-order valence-corrected chi connectivity index (χ2v) is 4.80. The summed E-state index contributed by atoms with van der Waals surface area (Å²) >= 11 is 1.34. The summed E-state index contributed by atoms with van der Waals surface area (Å²) in [7, 11) is 0. The Kier molecular flexibility index (Phi) is 2.53. The number of carbonyl (C=O) groups is 1. The summed E-state index contributed by atoms with van der Waals surface area (Å²) in [6, 6.07) is 3.66. The minimum atomic E-state index is -0.364. The van der Waals surface area contributed by atoms with E-state index in [1.54, 1.807) is 11.4 Å². The number of nitrogens with zero attached hydrogens (tertiary/aromatic N) is 1. The highest BCUT2D eigenvalue weighted by molar-refractivity contribution is 7.12. The van der Waals surface area contributed by atoms with Crippen LogP contribution in [-0.4, -0.2) is 5.78 Å². The number of carbonyl (C=O) groups excluding carboxylic acids is 1. The molecule has 2 nitrogen and oxygen atoms in total. The number of rotatable bonds is 1. The van der Waals surface area contributed by atoms with Gasteiger partial charge in [0.2, 0.25) is 0 Å². The van der Waals surface area contributed by atoms with Crippen molar-refractivity contribution in [3.63, 3.8) is 0 Å². The molecule has 0 bridgehead atoms. The van der Waals surface area contributed by atoms with Gasteiger partial charge in [0.25, 0.3) is 0 Å². The lowest BCUT2D eigenvalue weighted by molar-refractivity contribution is 0.0863. The maximum absolute atomic E-state index is 11.7. The fraction of sp³-hybridized carbons (Fsp3) is 0.400. The van der Waals surface area contributed by atoms with Crippen LogP contribution in [0.2, 0.25) is 0 Å². The van der Waals surface area contributed by atoms with Crippen molar-refractivity contribution in [1.82, 2.24) is 0 Å². The van der Waals surface area contributed by atoms with E-state index in [-0.39, 0.29) is 11.2 Å². The van der Waals surface area contributed by atoms with Crippen molar-refractivity contribution in [1.29, 1.82) is 5.26 Å². The summed E-state index contributed by atoms with van der Waals surface area (Å²) in [5.41, 5.74) is 0.204. The van der Waals surface area contributed by atoms with Crippen LogP contribution in [0.25, 0.3) is 0 Å². The fourth-order valence-electron chi connectivity index (χ4n) is 0.884. The van der Waals surface area contributed by atoms with E-state index >= 15 is 0 Å². The molecule has 13 heavy (non-hydrogen) atoms. The predicted molar refractivity (Wildman–Crippen MR) is 52.8 cm³/mol. The van der Waals surface area contributed by atoms with Gasteiger partial charge in [-0.1, -0.05) is 20.8 Å². The molecule has 0 aromatic carbocycles. The smallest absolute Gasteiger partial charge is 0.178 e. The van der Waals surface area contributed by atoms with Crippen molar-refractivity contribution in [3.8, 4) is 6.07 Å². The maximum atomic E-state index is 11.7. The van der Waals surface area contributed by atoms with Gasteiger partial charge in [0.1, 0.15) is 6.07 Å². The molecule has 1 aromatic rings. The van der Waals surface area contributed by atoms with E-state index in [4.69, 9.17) is 5.26 Å². The molecule has 0 N–H and O–H groups in total. The molecule has 0 spiro atoms. The molecule has 0 aliphatic rings. The number of hydrogen-bond acceptors (Lipinski definition) is 3. The predicted octanol–water partition coefficient (Wildman–Crippen LogP) is 2.85. The summed E-state index contributed by atoms with van der Waals surface area (Å²) in [5, 5.41) is 10.3. The van der Waals surface area contributed by atoms with Crippen LogP contribution in [0.4, 0.5) is 0 Å². The van der Waals surface area contributed by atoms with E-state index in [0.717, 1.165) is 0 Å². The van der Waals surface area contributed by atoms with Crippen LogP contribution in [0.5, 0.6) is 0 Å². The zero-order chi connectivity index (χ0) is 10.1. The Bertz CT molecular complexity index is 365. The second-order valence-electron chi connectivity index (χ2n) is 3.89. The summed E-state index contributed by atoms with van der Waals surface area (Å²) < 4.78 is 0. The van der Waals surface area contributed by atoms with E-state index in [2.05, 4.69) is 0 Å². The van der Waals surface area contributed by atoms with Crippen LogP contribution < -0.4 is 0 Å². The Labute approximate surface area is 81.8 Å². The van der Waals surface area contributed by atoms with Crippen molar-refractivity contribution in [2.24, 2.45) is 5.41 Å². The molecule has 0 fully saturated rings. The lowest BCUT2D eigenvalue weighted by atomic mass is 9.90. The van der Waals surface area contributed by atoms with Crippen LogP contribution in [0.1, 0.15) is 36.0 Å². The maximum Gasteiger partial charge on any atom is 0.178 e. The van der Waals surface area contributed by atoms with Gasteiger partial charge in [0, 0.05) is 10.8 Å². The van der Waals surface area contributed by atoms with Crippen LogP contribution in [-0.2, 0) is 0 Å². The monoisotopic (exact) mass is 193 g/mol. The molecule has 0 amide bonds. The molecule has 1 heterocycles. The number of ketones is 1. The van der Waals surface area contributed by atoms with E-state index < -0.39 is 0 Å². The molecule has 0 aliphatic heterocycles. The quantitative estimate of drug-likeness (QED) is 0.643. The third-order valence-corrected chi connectivity index (χ3v) is 2.56. The number of thiophene rings is 1. The normalized spacial score (nSPS) is 10.9. The summed E-state index contributed by atoms with van der Waals surface area (Å²) in [6.07, 6.45) is 0. The van der Waals surface area contributed by atoms with Crippen LogP contribution in [0.3, 0.4) is 0 Å². The van der Waals surface area contributed by atoms with Gasteiger partial charge in [0.05, 0.1) is 10.4 Å². The molecule has 0 saturated carbocycles. The molecule has 0 radical (unpaired) electrons. The molecular formula is C10H11NOS. The zero-order valence-corrected chi connectivity index (χ0v) is 8.73. The highest BCUT2D eigenvalue weighted by Crippen LogP contribution is 2.25. The van der Waals surface area contributed by atoms with Crippen molar-refractivity contribution in [2.75, 3.05) is 0 Å². The van der Waals surface area contributed by atoms with Gasteiger partial charge in [-0.2, -0.15) is 5.26 Å². The molecule has 1 rings (SSSR count). The second kappa shape index (κ2) is 3.31. The van der Waals surface area contributed by atoms with E-state index in [9.17, 15) is 4.79 Å². The zero-order valence-electron chi connectivity index (χ0n) is 7.92. The third kappa shape index (κ3) is 2.16. The van der Waals surface area contributed by atoms with Crippen molar-refractivity contribution < 1.29 is 4.79 Å². The number of Topliss-reactive ketones (excluding diaryl/α,β-unsaturated/α-hetero) is 1. The third-order valence-electron chi connectivity index (χ3n) is 1.63. The van der Waals surface area contributed by atoms with Gasteiger partial charge in [-0.15, -0.1) is 11.3 Å². The topological polar surface area (TPSA) is 40.9 Å². The Morgan fingerprint density at radius 2 is 2.15 bits per heavy atom. The minimum Gasteiger partial charge on any atom is -0.293 e. The molecule has 0 unspecified atom stereocenters.